The molecular formula is C23H22N4OS. The molecule has 1 amide bonds. The van der Waals surface area contributed by atoms with Crippen molar-refractivity contribution in [1.29, 1.82) is 0 Å². The first-order valence-corrected chi connectivity index (χ1v) is 10.8. The van der Waals surface area contributed by atoms with Crippen molar-refractivity contribution >= 4 is 28.1 Å². The quantitative estimate of drug-likeness (QED) is 0.524. The first-order valence-electron chi connectivity index (χ1n) is 9.92. The van der Waals surface area contributed by atoms with Crippen LogP contribution in [0.5, 0.6) is 0 Å². The molecule has 1 unspecified atom stereocenters. The summed E-state index contributed by atoms with van der Waals surface area (Å²) in [5.74, 6) is 0.382. The van der Waals surface area contributed by atoms with Gasteiger partial charge in [-0.05, 0) is 43.5 Å². The molecule has 1 aliphatic rings. The Morgan fingerprint density at radius 2 is 2.03 bits per heavy atom. The van der Waals surface area contributed by atoms with Crippen molar-refractivity contribution in [3.8, 4) is 11.1 Å². The summed E-state index contributed by atoms with van der Waals surface area (Å²) in [6.07, 6.45) is 5.74. The van der Waals surface area contributed by atoms with Gasteiger partial charge in [0.2, 0.25) is 0 Å². The summed E-state index contributed by atoms with van der Waals surface area (Å²) in [5.41, 5.74) is 7.33. The summed E-state index contributed by atoms with van der Waals surface area (Å²) in [6.45, 7) is 3.43. The number of fused-ring (bicyclic) bond motifs is 1. The highest BCUT2D eigenvalue weighted by Gasteiger charge is 2.30. The van der Waals surface area contributed by atoms with Gasteiger partial charge < -0.3 is 9.88 Å². The number of H-pyrrole nitrogens is 1. The van der Waals surface area contributed by atoms with Crippen LogP contribution in [0.3, 0.4) is 0 Å². The van der Waals surface area contributed by atoms with E-state index in [2.05, 4.69) is 51.4 Å². The fraction of sp³-hybridized carbons (Fsp3) is 0.261. The van der Waals surface area contributed by atoms with Gasteiger partial charge in [-0.1, -0.05) is 18.2 Å². The number of carbonyl (C=O) groups is 1. The Hall–Kier alpha value is -2.99. The number of likely N-dealkylation sites (tertiary alicyclic amines) is 1. The first kappa shape index (κ1) is 18.1. The molecular weight excluding hydrogens is 380 g/mol. The molecule has 0 aliphatic carbocycles. The van der Waals surface area contributed by atoms with E-state index in [4.69, 9.17) is 0 Å². The number of aromatic amines is 1. The number of thiazole rings is 1. The number of aromatic nitrogens is 3. The summed E-state index contributed by atoms with van der Waals surface area (Å²) in [4.78, 5) is 27.9. The maximum atomic E-state index is 13.1. The Balaban J connectivity index is 1.54. The highest BCUT2D eigenvalue weighted by Crippen LogP contribution is 2.39. The number of pyridine rings is 1. The zero-order chi connectivity index (χ0) is 19.8. The Bertz CT molecular complexity index is 1160. The van der Waals surface area contributed by atoms with Crippen LogP contribution < -0.4 is 0 Å². The average molecular weight is 403 g/mol. The molecule has 146 valence electrons. The molecule has 0 radical (unpaired) electrons. The highest BCUT2D eigenvalue weighted by molar-refractivity contribution is 7.11. The zero-order valence-corrected chi connectivity index (χ0v) is 17.1. The predicted molar refractivity (Wildman–Crippen MR) is 116 cm³/mol. The number of benzene rings is 1. The lowest BCUT2D eigenvalue weighted by atomic mass is 9.89. The number of nitrogens with one attached hydrogen (secondary N) is 1. The van der Waals surface area contributed by atoms with E-state index in [0.717, 1.165) is 47.6 Å². The van der Waals surface area contributed by atoms with Crippen molar-refractivity contribution in [2.75, 3.05) is 13.1 Å². The van der Waals surface area contributed by atoms with E-state index in [-0.39, 0.29) is 11.8 Å². The van der Waals surface area contributed by atoms with Gasteiger partial charge in [0.25, 0.3) is 5.91 Å². The minimum atomic E-state index is 0.108. The van der Waals surface area contributed by atoms with Crippen LogP contribution in [-0.2, 0) is 0 Å². The number of rotatable bonds is 3. The van der Waals surface area contributed by atoms with E-state index in [1.807, 2.05) is 24.2 Å². The minimum absolute atomic E-state index is 0.108. The minimum Gasteiger partial charge on any atom is -0.358 e. The van der Waals surface area contributed by atoms with Gasteiger partial charge in [0, 0.05) is 53.6 Å². The molecule has 0 saturated carbocycles. The van der Waals surface area contributed by atoms with E-state index in [1.54, 1.807) is 5.51 Å². The third-order valence-electron chi connectivity index (χ3n) is 5.76. The Morgan fingerprint density at radius 3 is 2.83 bits per heavy atom. The molecule has 5 rings (SSSR count). The van der Waals surface area contributed by atoms with E-state index in [9.17, 15) is 4.79 Å². The number of nitrogens with zero attached hydrogens (tertiary/aromatic N) is 3. The number of aryl methyl sites for hydroxylation is 1. The number of piperidine rings is 1. The Kier molecular flexibility index (Phi) is 4.64. The molecule has 1 aromatic carbocycles. The van der Waals surface area contributed by atoms with Crippen LogP contribution in [0.15, 0.2) is 54.3 Å². The molecule has 0 spiro atoms. The van der Waals surface area contributed by atoms with Crippen molar-refractivity contribution in [2.45, 2.75) is 25.7 Å². The fourth-order valence-electron chi connectivity index (χ4n) is 4.35. The number of hydrogen-bond donors (Lipinski definition) is 1. The molecule has 4 aromatic rings. The van der Waals surface area contributed by atoms with Gasteiger partial charge in [0.1, 0.15) is 4.88 Å². The van der Waals surface area contributed by atoms with Crippen molar-refractivity contribution in [1.82, 2.24) is 19.9 Å². The van der Waals surface area contributed by atoms with Crippen LogP contribution in [-0.4, -0.2) is 38.8 Å². The van der Waals surface area contributed by atoms with Crippen molar-refractivity contribution in [3.63, 3.8) is 0 Å². The predicted octanol–water partition coefficient (Wildman–Crippen LogP) is 5.01. The van der Waals surface area contributed by atoms with Gasteiger partial charge in [-0.3, -0.25) is 9.78 Å². The van der Waals surface area contributed by atoms with Crippen LogP contribution in [0.25, 0.3) is 22.0 Å². The smallest absolute Gasteiger partial charge is 0.265 e. The SMILES string of the molecule is Cc1ncsc1C(=O)N1CCCC(c2[nH]c3ccccc3c2-c2ccncc2)C1. The molecule has 1 aliphatic heterocycles. The van der Waals surface area contributed by atoms with E-state index in [0.29, 0.717) is 0 Å². The molecule has 1 atom stereocenters. The second-order valence-electron chi connectivity index (χ2n) is 7.55. The molecule has 5 nitrogen and oxygen atoms in total. The van der Waals surface area contributed by atoms with E-state index in [1.165, 1.54) is 28.0 Å². The molecule has 1 N–H and O–H groups in total. The summed E-state index contributed by atoms with van der Waals surface area (Å²) in [6, 6.07) is 12.5. The fourth-order valence-corrected chi connectivity index (χ4v) is 5.12. The van der Waals surface area contributed by atoms with Crippen LogP contribution in [0.1, 0.15) is 39.8 Å². The van der Waals surface area contributed by atoms with Crippen LogP contribution in [0, 0.1) is 6.92 Å². The third-order valence-corrected chi connectivity index (χ3v) is 6.68. The molecule has 1 fully saturated rings. The van der Waals surface area contributed by atoms with Gasteiger partial charge >= 0.3 is 0 Å². The normalized spacial score (nSPS) is 17.0. The largest absolute Gasteiger partial charge is 0.358 e. The van der Waals surface area contributed by atoms with Crippen molar-refractivity contribution < 1.29 is 4.79 Å². The van der Waals surface area contributed by atoms with E-state index >= 15 is 0 Å². The average Bonchev–Trinajstić information content (AvgIpc) is 3.37. The molecule has 0 bridgehead atoms. The molecule has 3 aromatic heterocycles. The first-order chi connectivity index (χ1) is 14.2. The molecule has 6 heteroatoms. The number of hydrogen-bond acceptors (Lipinski definition) is 4. The van der Waals surface area contributed by atoms with Gasteiger partial charge in [0.15, 0.2) is 0 Å². The lowest BCUT2D eigenvalue weighted by Crippen LogP contribution is -2.39. The van der Waals surface area contributed by atoms with Gasteiger partial charge in [0.05, 0.1) is 11.2 Å². The molecule has 4 heterocycles. The van der Waals surface area contributed by atoms with Crippen molar-refractivity contribution in [3.05, 3.63) is 70.6 Å². The monoisotopic (exact) mass is 402 g/mol. The van der Waals surface area contributed by atoms with Gasteiger partial charge in [-0.2, -0.15) is 0 Å². The second-order valence-corrected chi connectivity index (χ2v) is 8.41. The Morgan fingerprint density at radius 1 is 1.21 bits per heavy atom. The van der Waals surface area contributed by atoms with E-state index < -0.39 is 0 Å². The summed E-state index contributed by atoms with van der Waals surface area (Å²) < 4.78 is 0. The maximum absolute atomic E-state index is 13.1. The number of carbonyl (C=O) groups excluding carboxylic acids is 1. The zero-order valence-electron chi connectivity index (χ0n) is 16.3. The summed E-state index contributed by atoms with van der Waals surface area (Å²) in [7, 11) is 0. The van der Waals surface area contributed by atoms with Crippen molar-refractivity contribution in [2.24, 2.45) is 0 Å². The molecule has 29 heavy (non-hydrogen) atoms. The second kappa shape index (κ2) is 7.44. The maximum Gasteiger partial charge on any atom is 0.265 e. The summed E-state index contributed by atoms with van der Waals surface area (Å²) in [5, 5.41) is 1.22. The lowest BCUT2D eigenvalue weighted by molar-refractivity contribution is 0.0710. The third kappa shape index (κ3) is 3.23. The van der Waals surface area contributed by atoms with Gasteiger partial charge in [-0.15, -0.1) is 11.3 Å². The highest BCUT2D eigenvalue weighted by atomic mass is 32.1. The van der Waals surface area contributed by atoms with Crippen LogP contribution in [0.4, 0.5) is 0 Å². The lowest BCUT2D eigenvalue weighted by Gasteiger charge is -2.33. The van der Waals surface area contributed by atoms with Crippen LogP contribution in [0.2, 0.25) is 0 Å². The van der Waals surface area contributed by atoms with Crippen LogP contribution >= 0.6 is 11.3 Å². The number of para-hydroxylation sites is 1. The summed E-state index contributed by atoms with van der Waals surface area (Å²) >= 11 is 1.44. The topological polar surface area (TPSA) is 61.9 Å². The number of amides is 1. The molecule has 1 saturated heterocycles. The standard InChI is InChI=1S/C23H22N4OS/c1-15-22(29-14-25-15)23(28)27-12-4-5-17(13-27)21-20(16-8-10-24-11-9-16)18-6-2-3-7-19(18)26-21/h2-3,6-11,14,17,26H,4-5,12-13H2,1H3. The Labute approximate surface area is 173 Å². The van der Waals surface area contributed by atoms with Gasteiger partial charge in [-0.25, -0.2) is 4.98 Å².